The number of cyclic esters (lactones) is 2. The normalized spacial score (nSPS) is 27.8. The third-order valence-electron chi connectivity index (χ3n) is 6.53. The highest BCUT2D eigenvalue weighted by atomic mass is 16.6. The van der Waals surface area contributed by atoms with Crippen molar-refractivity contribution in [1.82, 2.24) is 0 Å². The van der Waals surface area contributed by atoms with Gasteiger partial charge in [-0.1, -0.05) is 79.1 Å². The van der Waals surface area contributed by atoms with E-state index in [1.54, 1.807) is 0 Å². The lowest BCUT2D eigenvalue weighted by atomic mass is 9.73. The molecule has 0 radical (unpaired) electrons. The smallest absolute Gasteiger partial charge is 0.315 e. The number of rotatable bonds is 14. The van der Waals surface area contributed by atoms with Crippen LogP contribution in [-0.4, -0.2) is 24.1 Å². The number of ether oxygens (including phenoxy) is 2. The van der Waals surface area contributed by atoms with Crippen LogP contribution >= 0.6 is 0 Å². The minimum absolute atomic E-state index is 0.0254. The molecule has 0 saturated carbocycles. The van der Waals surface area contributed by atoms with E-state index in [4.69, 9.17) is 9.47 Å². The van der Waals surface area contributed by atoms with Crippen LogP contribution in [0.5, 0.6) is 0 Å². The van der Waals surface area contributed by atoms with Crippen LogP contribution in [0, 0.1) is 11.3 Å². The van der Waals surface area contributed by atoms with Gasteiger partial charge in [-0.15, -0.1) is 0 Å². The Balaban J connectivity index is 0.000000291. The molecule has 0 amide bonds. The maximum atomic E-state index is 11.5. The number of hydrogen-bond donors (Lipinski definition) is 0. The van der Waals surface area contributed by atoms with Crippen LogP contribution in [0.4, 0.5) is 0 Å². The molecule has 29 heavy (non-hydrogen) atoms. The summed E-state index contributed by atoms with van der Waals surface area (Å²) in [5, 5.41) is 0. The van der Waals surface area contributed by atoms with Crippen molar-refractivity contribution in [2.45, 2.75) is 137 Å². The van der Waals surface area contributed by atoms with Gasteiger partial charge in [0.2, 0.25) is 0 Å². The van der Waals surface area contributed by atoms with Gasteiger partial charge in [-0.3, -0.25) is 9.59 Å². The number of carbonyl (C=O) groups is 2. The van der Waals surface area contributed by atoms with Crippen molar-refractivity contribution < 1.29 is 19.1 Å². The van der Waals surface area contributed by atoms with Gasteiger partial charge in [-0.25, -0.2) is 0 Å². The fourth-order valence-corrected chi connectivity index (χ4v) is 4.21. The van der Waals surface area contributed by atoms with Crippen LogP contribution < -0.4 is 0 Å². The quantitative estimate of drug-likeness (QED) is 0.229. The molecule has 2 aliphatic rings. The molecule has 2 heterocycles. The maximum absolute atomic E-state index is 11.5. The average molecular weight is 411 g/mol. The van der Waals surface area contributed by atoms with Gasteiger partial charge < -0.3 is 9.47 Å². The molecule has 0 aromatic rings. The Hall–Kier alpha value is -1.06. The summed E-state index contributed by atoms with van der Waals surface area (Å²) in [5.41, 5.74) is -0.163. The van der Waals surface area contributed by atoms with Gasteiger partial charge in [0.25, 0.3) is 0 Å². The van der Waals surface area contributed by atoms with Gasteiger partial charge in [-0.2, -0.15) is 0 Å². The summed E-state index contributed by atoms with van der Waals surface area (Å²) in [6.45, 7) is 10.8. The molecule has 2 saturated heterocycles. The summed E-state index contributed by atoms with van der Waals surface area (Å²) < 4.78 is 10.4. The van der Waals surface area contributed by atoms with Crippen molar-refractivity contribution in [1.29, 1.82) is 0 Å². The fraction of sp³-hybridized carbons (Fsp3) is 0.920. The molecule has 2 aliphatic heterocycles. The molecule has 0 aromatic heterocycles. The minimum Gasteiger partial charge on any atom is -0.461 e. The maximum Gasteiger partial charge on any atom is 0.315 e. The molecule has 0 bridgehead atoms. The van der Waals surface area contributed by atoms with Gasteiger partial charge in [0.05, 0.1) is 5.92 Å². The minimum atomic E-state index is -0.163. The predicted molar refractivity (Wildman–Crippen MR) is 119 cm³/mol. The molecular formula is C25H46O4. The first-order valence-electron chi connectivity index (χ1n) is 12.4. The summed E-state index contributed by atoms with van der Waals surface area (Å²) >= 11 is 0. The van der Waals surface area contributed by atoms with E-state index in [0.29, 0.717) is 0 Å². The van der Waals surface area contributed by atoms with Gasteiger partial charge in [-0.05, 0) is 45.4 Å². The third kappa shape index (κ3) is 7.94. The fourth-order valence-electron chi connectivity index (χ4n) is 4.21. The molecule has 0 spiro atoms. The zero-order valence-electron chi connectivity index (χ0n) is 19.8. The Morgan fingerprint density at radius 2 is 1.31 bits per heavy atom. The van der Waals surface area contributed by atoms with E-state index >= 15 is 0 Å². The van der Waals surface area contributed by atoms with Crippen molar-refractivity contribution in [3.8, 4) is 0 Å². The van der Waals surface area contributed by atoms with Gasteiger partial charge >= 0.3 is 11.9 Å². The first kappa shape index (κ1) is 26.0. The summed E-state index contributed by atoms with van der Waals surface area (Å²) in [5.74, 6) is 0.296. The Morgan fingerprint density at radius 3 is 1.83 bits per heavy atom. The Bertz CT molecular complexity index is 475. The zero-order chi connectivity index (χ0) is 21.7. The molecule has 2 rings (SSSR count). The van der Waals surface area contributed by atoms with Crippen molar-refractivity contribution in [3.63, 3.8) is 0 Å². The lowest BCUT2D eigenvalue weighted by Crippen LogP contribution is -2.54. The topological polar surface area (TPSA) is 52.6 Å². The molecule has 4 atom stereocenters. The zero-order valence-corrected chi connectivity index (χ0v) is 19.8. The van der Waals surface area contributed by atoms with Crippen LogP contribution in [0.25, 0.3) is 0 Å². The highest BCUT2D eigenvalue weighted by molar-refractivity contribution is 5.82. The summed E-state index contributed by atoms with van der Waals surface area (Å²) in [4.78, 5) is 22.6. The molecule has 2 fully saturated rings. The third-order valence-corrected chi connectivity index (χ3v) is 6.53. The Kier molecular flexibility index (Phi) is 12.6. The van der Waals surface area contributed by atoms with Crippen LogP contribution in [0.2, 0.25) is 0 Å². The van der Waals surface area contributed by atoms with Crippen LogP contribution in [0.1, 0.15) is 125 Å². The lowest BCUT2D eigenvalue weighted by molar-refractivity contribution is -0.206. The summed E-state index contributed by atoms with van der Waals surface area (Å²) in [6, 6.07) is 0. The van der Waals surface area contributed by atoms with Crippen molar-refractivity contribution in [2.75, 3.05) is 0 Å². The molecule has 0 aromatic carbocycles. The number of unbranched alkanes of at least 4 members (excludes halogenated alkanes) is 6. The predicted octanol–water partition coefficient (Wildman–Crippen LogP) is 6.99. The van der Waals surface area contributed by atoms with E-state index in [-0.39, 0.29) is 35.5 Å². The van der Waals surface area contributed by atoms with Gasteiger partial charge in [0.1, 0.15) is 17.6 Å². The molecule has 4 nitrogen and oxygen atoms in total. The van der Waals surface area contributed by atoms with Crippen molar-refractivity contribution >= 4 is 11.9 Å². The molecule has 4 heteroatoms. The molecule has 0 aliphatic carbocycles. The first-order chi connectivity index (χ1) is 13.9. The van der Waals surface area contributed by atoms with Crippen molar-refractivity contribution in [2.24, 2.45) is 11.3 Å². The number of esters is 2. The highest BCUT2D eigenvalue weighted by Gasteiger charge is 2.52. The number of hydrogen-bond acceptors (Lipinski definition) is 4. The molecule has 0 N–H and O–H groups in total. The summed E-state index contributed by atoms with van der Waals surface area (Å²) in [6.07, 6.45) is 16.6. The van der Waals surface area contributed by atoms with Crippen molar-refractivity contribution in [3.05, 3.63) is 0 Å². The van der Waals surface area contributed by atoms with E-state index < -0.39 is 0 Å². The lowest BCUT2D eigenvalue weighted by Gasteiger charge is -2.44. The van der Waals surface area contributed by atoms with Crippen LogP contribution in [0.3, 0.4) is 0 Å². The molecule has 170 valence electrons. The monoisotopic (exact) mass is 410 g/mol. The average Bonchev–Trinajstić information content (AvgIpc) is 2.71. The van der Waals surface area contributed by atoms with Crippen LogP contribution in [0.15, 0.2) is 0 Å². The van der Waals surface area contributed by atoms with E-state index in [1.165, 1.54) is 44.9 Å². The standard InChI is InChI=1S/C13H24O2.C12H22O2/c1-4-6-8-9-11-13(3,10-7-5-2)12(14)15-11;1-3-5-7-9-11-10(8-6-4-2)12(13)14-11/h11H,4-10H2,1-3H3;10-11H,3-9H2,1-2H3/t11-,13+;10-,11+/m10/s1. The Morgan fingerprint density at radius 1 is 0.724 bits per heavy atom. The SMILES string of the molecule is CCCCC[C@H]1OC(=O)[C@@]1(C)CCCC.CCCCC[C@H]1OC(=O)[C@H]1CCCC. The molecular weight excluding hydrogens is 364 g/mol. The molecule has 0 unspecified atom stereocenters. The summed E-state index contributed by atoms with van der Waals surface area (Å²) in [7, 11) is 0. The van der Waals surface area contributed by atoms with E-state index in [9.17, 15) is 9.59 Å². The first-order valence-corrected chi connectivity index (χ1v) is 12.4. The van der Waals surface area contributed by atoms with E-state index in [0.717, 1.165) is 44.9 Å². The van der Waals surface area contributed by atoms with Gasteiger partial charge in [0, 0.05) is 0 Å². The second-order valence-electron chi connectivity index (χ2n) is 9.13. The van der Waals surface area contributed by atoms with Crippen LogP contribution in [-0.2, 0) is 19.1 Å². The number of carbonyl (C=O) groups excluding carboxylic acids is 2. The van der Waals surface area contributed by atoms with E-state index in [2.05, 4.69) is 34.6 Å². The second kappa shape index (κ2) is 14.0. The largest absolute Gasteiger partial charge is 0.461 e. The Labute approximate surface area is 179 Å². The van der Waals surface area contributed by atoms with Gasteiger partial charge in [0.15, 0.2) is 0 Å². The van der Waals surface area contributed by atoms with E-state index in [1.807, 2.05) is 0 Å². The second-order valence-corrected chi connectivity index (χ2v) is 9.13. The highest BCUT2D eigenvalue weighted by Crippen LogP contribution is 2.43.